The van der Waals surface area contributed by atoms with Crippen LogP contribution in [0, 0.1) is 6.92 Å². The molecular weight excluding hydrogens is 362 g/mol. The second-order valence-corrected chi connectivity index (χ2v) is 6.90. The summed E-state index contributed by atoms with van der Waals surface area (Å²) < 4.78 is 10.7. The number of rotatable bonds is 7. The summed E-state index contributed by atoms with van der Waals surface area (Å²) in [5, 5.41) is 3.80. The van der Waals surface area contributed by atoms with Crippen LogP contribution >= 0.6 is 11.8 Å². The fourth-order valence-corrected chi connectivity index (χ4v) is 3.00. The van der Waals surface area contributed by atoms with Gasteiger partial charge in [-0.05, 0) is 36.1 Å². The number of nitrogens with zero attached hydrogens (tertiary/aromatic N) is 3. The Morgan fingerprint density at radius 3 is 2.59 bits per heavy atom. The first-order chi connectivity index (χ1) is 13.1. The smallest absolute Gasteiger partial charge is 0.257 e. The molecule has 3 aromatic rings. The molecule has 1 aromatic heterocycles. The van der Waals surface area contributed by atoms with Crippen molar-refractivity contribution in [2.45, 2.75) is 25.0 Å². The Hall–Kier alpha value is -2.80. The first-order valence-electron chi connectivity index (χ1n) is 8.46. The zero-order valence-corrected chi connectivity index (χ0v) is 16.3. The number of benzene rings is 2. The van der Waals surface area contributed by atoms with Gasteiger partial charge in [0, 0.05) is 25.4 Å². The topological polar surface area (TPSA) is 68.5 Å². The lowest BCUT2D eigenvalue weighted by Gasteiger charge is -2.19. The van der Waals surface area contributed by atoms with Gasteiger partial charge in [0.25, 0.3) is 5.91 Å². The summed E-state index contributed by atoms with van der Waals surface area (Å²) in [6.45, 7) is 2.38. The number of thioether (sulfide) groups is 1. The number of hydrogen-bond donors (Lipinski definition) is 0. The van der Waals surface area contributed by atoms with E-state index < -0.39 is 0 Å². The van der Waals surface area contributed by atoms with Gasteiger partial charge in [-0.1, -0.05) is 29.4 Å². The van der Waals surface area contributed by atoms with Gasteiger partial charge in [0.1, 0.15) is 5.75 Å². The maximum absolute atomic E-state index is 12.9. The minimum absolute atomic E-state index is 0.108. The molecule has 2 aromatic carbocycles. The number of ether oxygens (including phenoxy) is 1. The molecule has 0 aliphatic heterocycles. The molecule has 1 heterocycles. The van der Waals surface area contributed by atoms with Crippen LogP contribution in [0.5, 0.6) is 5.75 Å². The Morgan fingerprint density at radius 2 is 1.93 bits per heavy atom. The molecule has 0 unspecified atom stereocenters. The molecule has 0 bridgehead atoms. The van der Waals surface area contributed by atoms with Gasteiger partial charge < -0.3 is 14.2 Å². The molecule has 27 heavy (non-hydrogen) atoms. The molecule has 0 saturated carbocycles. The number of aromatic nitrogens is 2. The molecule has 0 radical (unpaired) electrons. The maximum Gasteiger partial charge on any atom is 0.257 e. The zero-order valence-electron chi connectivity index (χ0n) is 15.5. The molecule has 0 aliphatic carbocycles. The van der Waals surface area contributed by atoms with E-state index in [0.717, 1.165) is 5.56 Å². The van der Waals surface area contributed by atoms with Gasteiger partial charge in [-0.25, -0.2) is 0 Å². The summed E-state index contributed by atoms with van der Waals surface area (Å²) in [5.74, 6) is 1.31. The molecule has 3 rings (SSSR count). The molecule has 0 fully saturated rings. The van der Waals surface area contributed by atoms with Crippen molar-refractivity contribution >= 4 is 17.7 Å². The van der Waals surface area contributed by atoms with Crippen LogP contribution in [0.1, 0.15) is 27.6 Å². The lowest BCUT2D eigenvalue weighted by atomic mass is 10.1. The van der Waals surface area contributed by atoms with Gasteiger partial charge in [-0.15, -0.1) is 11.8 Å². The van der Waals surface area contributed by atoms with E-state index in [1.165, 1.54) is 4.90 Å². The van der Waals surface area contributed by atoms with Crippen LogP contribution in [0.15, 0.2) is 57.9 Å². The van der Waals surface area contributed by atoms with Crippen LogP contribution in [0.4, 0.5) is 0 Å². The fourth-order valence-electron chi connectivity index (χ4n) is 2.59. The van der Waals surface area contributed by atoms with Crippen LogP contribution in [0.2, 0.25) is 0 Å². The summed E-state index contributed by atoms with van der Waals surface area (Å²) in [6, 6.07) is 15.4. The maximum atomic E-state index is 12.9. The Balaban J connectivity index is 1.69. The summed E-state index contributed by atoms with van der Waals surface area (Å²) in [5.41, 5.74) is 1.57. The Kier molecular flexibility index (Phi) is 6.13. The third kappa shape index (κ3) is 4.89. The normalized spacial score (nSPS) is 10.6. The van der Waals surface area contributed by atoms with Crippen molar-refractivity contribution in [1.29, 1.82) is 0 Å². The highest BCUT2D eigenvalue weighted by atomic mass is 32.2. The van der Waals surface area contributed by atoms with Gasteiger partial charge in [-0.2, -0.15) is 4.98 Å². The second-order valence-electron chi connectivity index (χ2n) is 6.02. The number of para-hydroxylation sites is 1. The monoisotopic (exact) mass is 383 g/mol. The third-order valence-corrected chi connectivity index (χ3v) is 4.71. The minimum Gasteiger partial charge on any atom is -0.485 e. The lowest BCUT2D eigenvalue weighted by Crippen LogP contribution is -2.26. The van der Waals surface area contributed by atoms with E-state index in [9.17, 15) is 4.79 Å². The van der Waals surface area contributed by atoms with E-state index >= 15 is 0 Å². The van der Waals surface area contributed by atoms with Crippen molar-refractivity contribution < 1.29 is 14.1 Å². The minimum atomic E-state index is -0.108. The largest absolute Gasteiger partial charge is 0.485 e. The Morgan fingerprint density at radius 1 is 1.19 bits per heavy atom. The number of carbonyl (C=O) groups excluding carboxylic acids is 1. The summed E-state index contributed by atoms with van der Waals surface area (Å²) in [4.78, 5) is 19.9. The van der Waals surface area contributed by atoms with Gasteiger partial charge in [0.15, 0.2) is 6.61 Å². The van der Waals surface area contributed by atoms with Crippen LogP contribution in [0.3, 0.4) is 0 Å². The Labute approximate surface area is 162 Å². The molecule has 7 heteroatoms. The fraction of sp³-hybridized carbons (Fsp3) is 0.250. The van der Waals surface area contributed by atoms with Gasteiger partial charge >= 0.3 is 0 Å². The number of amides is 1. The van der Waals surface area contributed by atoms with E-state index in [-0.39, 0.29) is 12.5 Å². The van der Waals surface area contributed by atoms with Crippen LogP contribution in [-0.4, -0.2) is 34.3 Å². The standard InChI is InChI=1S/C20H21N3O3S/c1-14-21-19(22-26-14)13-25-18-7-5-4-6-17(18)20(24)23(2)12-15-8-10-16(27-3)11-9-15/h4-11H,12-13H2,1-3H3. The highest BCUT2D eigenvalue weighted by Crippen LogP contribution is 2.22. The van der Waals surface area contributed by atoms with E-state index in [1.54, 1.807) is 42.8 Å². The van der Waals surface area contributed by atoms with Crippen molar-refractivity contribution in [3.05, 3.63) is 71.4 Å². The summed E-state index contributed by atoms with van der Waals surface area (Å²) >= 11 is 1.69. The molecule has 0 saturated heterocycles. The number of carbonyl (C=O) groups is 1. The second kappa shape index (κ2) is 8.73. The van der Waals surface area contributed by atoms with Crippen molar-refractivity contribution in [2.24, 2.45) is 0 Å². The van der Waals surface area contributed by atoms with Crippen molar-refractivity contribution in [3.8, 4) is 5.75 Å². The number of aryl methyl sites for hydroxylation is 1. The van der Waals surface area contributed by atoms with Crippen LogP contribution < -0.4 is 4.74 Å². The third-order valence-electron chi connectivity index (χ3n) is 3.97. The quantitative estimate of drug-likeness (QED) is 0.576. The van der Waals surface area contributed by atoms with E-state index in [0.29, 0.717) is 29.6 Å². The van der Waals surface area contributed by atoms with Crippen LogP contribution in [0.25, 0.3) is 0 Å². The zero-order chi connectivity index (χ0) is 19.2. The summed E-state index contributed by atoms with van der Waals surface area (Å²) in [6.07, 6.45) is 2.04. The van der Waals surface area contributed by atoms with Crippen molar-refractivity contribution in [2.75, 3.05) is 13.3 Å². The Bertz CT molecular complexity index is 909. The molecule has 0 spiro atoms. The molecular formula is C20H21N3O3S. The van der Waals surface area contributed by atoms with Gasteiger partial charge in [0.05, 0.1) is 5.56 Å². The van der Waals surface area contributed by atoms with Crippen molar-refractivity contribution in [3.63, 3.8) is 0 Å². The van der Waals surface area contributed by atoms with Gasteiger partial charge in [-0.3, -0.25) is 4.79 Å². The highest BCUT2D eigenvalue weighted by molar-refractivity contribution is 7.98. The average Bonchev–Trinajstić information content (AvgIpc) is 3.12. The highest BCUT2D eigenvalue weighted by Gasteiger charge is 2.17. The first-order valence-corrected chi connectivity index (χ1v) is 9.68. The van der Waals surface area contributed by atoms with E-state index in [2.05, 4.69) is 22.3 Å². The predicted molar refractivity (Wildman–Crippen MR) is 104 cm³/mol. The SMILES string of the molecule is CSc1ccc(CN(C)C(=O)c2ccccc2OCc2noc(C)n2)cc1. The van der Waals surface area contributed by atoms with Gasteiger partial charge in [0.2, 0.25) is 11.7 Å². The predicted octanol–water partition coefficient (Wildman–Crippen LogP) is 3.95. The van der Waals surface area contributed by atoms with Crippen LogP contribution in [-0.2, 0) is 13.2 Å². The summed E-state index contributed by atoms with van der Waals surface area (Å²) in [7, 11) is 1.78. The molecule has 0 N–H and O–H groups in total. The lowest BCUT2D eigenvalue weighted by molar-refractivity contribution is 0.0780. The van der Waals surface area contributed by atoms with E-state index in [1.807, 2.05) is 30.5 Å². The molecule has 6 nitrogen and oxygen atoms in total. The molecule has 140 valence electrons. The first kappa shape index (κ1) is 19.0. The molecule has 0 atom stereocenters. The molecule has 1 amide bonds. The number of hydrogen-bond acceptors (Lipinski definition) is 6. The van der Waals surface area contributed by atoms with E-state index in [4.69, 9.17) is 9.26 Å². The average molecular weight is 383 g/mol. The van der Waals surface area contributed by atoms with Crippen molar-refractivity contribution in [1.82, 2.24) is 15.0 Å². The molecule has 0 aliphatic rings.